The first-order chi connectivity index (χ1) is 4.84. The largest absolute Gasteiger partial charge is 0.319 e. The molecule has 0 aliphatic carbocycles. The topological polar surface area (TPSA) is 20.3 Å². The van der Waals surface area contributed by atoms with E-state index in [9.17, 15) is 4.79 Å². The van der Waals surface area contributed by atoms with Gasteiger partial charge in [0.1, 0.15) is 0 Å². The van der Waals surface area contributed by atoms with E-state index in [-0.39, 0.29) is 5.91 Å². The van der Waals surface area contributed by atoms with E-state index in [0.717, 1.165) is 19.4 Å². The van der Waals surface area contributed by atoms with E-state index in [2.05, 4.69) is 0 Å². The standard InChI is InChI=1S/C8H13NO/c1-2-5-8(10)9-6-3-4-7-9/h3,6H,2,4-5,7H2,1H3. The lowest BCUT2D eigenvalue weighted by atomic mass is 10.3. The molecule has 2 nitrogen and oxygen atoms in total. The van der Waals surface area contributed by atoms with Crippen molar-refractivity contribution in [2.24, 2.45) is 0 Å². The Morgan fingerprint density at radius 1 is 1.70 bits per heavy atom. The van der Waals surface area contributed by atoms with E-state index >= 15 is 0 Å². The molecule has 0 radical (unpaired) electrons. The van der Waals surface area contributed by atoms with Gasteiger partial charge in [0.05, 0.1) is 0 Å². The molecule has 10 heavy (non-hydrogen) atoms. The molecule has 0 fully saturated rings. The Morgan fingerprint density at radius 3 is 3.00 bits per heavy atom. The maximum absolute atomic E-state index is 11.1. The molecule has 1 heterocycles. The van der Waals surface area contributed by atoms with Crippen LogP contribution in [0.2, 0.25) is 0 Å². The Morgan fingerprint density at radius 2 is 2.50 bits per heavy atom. The van der Waals surface area contributed by atoms with Crippen LogP contribution in [0, 0.1) is 0 Å². The molecule has 0 aromatic carbocycles. The van der Waals surface area contributed by atoms with Crippen LogP contribution < -0.4 is 0 Å². The highest BCUT2D eigenvalue weighted by molar-refractivity contribution is 5.77. The number of hydrogen-bond donors (Lipinski definition) is 0. The molecule has 0 bridgehead atoms. The molecule has 0 aromatic rings. The fourth-order valence-electron chi connectivity index (χ4n) is 1.06. The van der Waals surface area contributed by atoms with Crippen molar-refractivity contribution in [1.82, 2.24) is 4.90 Å². The molecule has 0 aromatic heterocycles. The maximum atomic E-state index is 11.1. The first kappa shape index (κ1) is 7.32. The van der Waals surface area contributed by atoms with Gasteiger partial charge in [-0.1, -0.05) is 13.0 Å². The van der Waals surface area contributed by atoms with Crippen LogP contribution >= 0.6 is 0 Å². The van der Waals surface area contributed by atoms with Crippen LogP contribution in [0.25, 0.3) is 0 Å². The second-order valence-electron chi connectivity index (χ2n) is 2.51. The summed E-state index contributed by atoms with van der Waals surface area (Å²) in [5, 5.41) is 0. The normalized spacial score (nSPS) is 16.3. The van der Waals surface area contributed by atoms with Gasteiger partial charge in [0.2, 0.25) is 5.91 Å². The third kappa shape index (κ3) is 1.59. The summed E-state index contributed by atoms with van der Waals surface area (Å²) in [5.74, 6) is 0.260. The summed E-state index contributed by atoms with van der Waals surface area (Å²) in [4.78, 5) is 12.9. The summed E-state index contributed by atoms with van der Waals surface area (Å²) in [6.45, 7) is 2.91. The zero-order valence-electron chi connectivity index (χ0n) is 6.34. The van der Waals surface area contributed by atoms with Crippen molar-refractivity contribution in [2.75, 3.05) is 6.54 Å². The summed E-state index contributed by atoms with van der Waals surface area (Å²) in [6.07, 6.45) is 6.58. The van der Waals surface area contributed by atoms with Crippen molar-refractivity contribution in [3.05, 3.63) is 12.3 Å². The van der Waals surface area contributed by atoms with Crippen LogP contribution in [0.5, 0.6) is 0 Å². The number of rotatable bonds is 2. The highest BCUT2D eigenvalue weighted by Crippen LogP contribution is 2.06. The smallest absolute Gasteiger partial charge is 0.226 e. The summed E-state index contributed by atoms with van der Waals surface area (Å²) in [7, 11) is 0. The summed E-state index contributed by atoms with van der Waals surface area (Å²) in [5.41, 5.74) is 0. The number of amides is 1. The van der Waals surface area contributed by atoms with E-state index < -0.39 is 0 Å². The Balaban J connectivity index is 2.33. The average Bonchev–Trinajstić information content (AvgIpc) is 2.38. The monoisotopic (exact) mass is 139 g/mol. The third-order valence-electron chi connectivity index (χ3n) is 1.61. The molecule has 2 heteroatoms. The molecule has 0 atom stereocenters. The second kappa shape index (κ2) is 3.40. The lowest BCUT2D eigenvalue weighted by Gasteiger charge is -2.11. The molecule has 56 valence electrons. The van der Waals surface area contributed by atoms with Crippen LogP contribution in [0.4, 0.5) is 0 Å². The van der Waals surface area contributed by atoms with Crippen molar-refractivity contribution in [3.63, 3.8) is 0 Å². The summed E-state index contributed by atoms with van der Waals surface area (Å²) >= 11 is 0. The number of carbonyl (C=O) groups excluding carboxylic acids is 1. The first-order valence-corrected chi connectivity index (χ1v) is 3.80. The van der Waals surface area contributed by atoms with Gasteiger partial charge in [-0.15, -0.1) is 0 Å². The summed E-state index contributed by atoms with van der Waals surface area (Å²) < 4.78 is 0. The fourth-order valence-corrected chi connectivity index (χ4v) is 1.06. The molecule has 1 rings (SSSR count). The molecular formula is C8H13NO. The molecule has 0 spiro atoms. The Bertz CT molecular complexity index is 151. The SMILES string of the molecule is CCCC(=O)N1C=CCC1. The van der Waals surface area contributed by atoms with E-state index in [0.29, 0.717) is 6.42 Å². The van der Waals surface area contributed by atoms with Crippen molar-refractivity contribution in [3.8, 4) is 0 Å². The fraction of sp³-hybridized carbons (Fsp3) is 0.625. The predicted octanol–water partition coefficient (Wildman–Crippen LogP) is 1.53. The van der Waals surface area contributed by atoms with Crippen molar-refractivity contribution in [2.45, 2.75) is 26.2 Å². The van der Waals surface area contributed by atoms with Gasteiger partial charge in [-0.2, -0.15) is 0 Å². The van der Waals surface area contributed by atoms with E-state index in [4.69, 9.17) is 0 Å². The van der Waals surface area contributed by atoms with E-state index in [1.807, 2.05) is 19.2 Å². The molecule has 0 saturated carbocycles. The van der Waals surface area contributed by atoms with Gasteiger partial charge in [-0.25, -0.2) is 0 Å². The zero-order valence-corrected chi connectivity index (χ0v) is 6.34. The first-order valence-electron chi connectivity index (χ1n) is 3.80. The molecule has 0 unspecified atom stereocenters. The van der Waals surface area contributed by atoms with Crippen LogP contribution in [-0.2, 0) is 4.79 Å². The number of hydrogen-bond acceptors (Lipinski definition) is 1. The van der Waals surface area contributed by atoms with Gasteiger partial charge >= 0.3 is 0 Å². The minimum Gasteiger partial charge on any atom is -0.319 e. The van der Waals surface area contributed by atoms with Gasteiger partial charge in [0.25, 0.3) is 0 Å². The molecule has 0 N–H and O–H groups in total. The van der Waals surface area contributed by atoms with Crippen LogP contribution in [-0.4, -0.2) is 17.4 Å². The van der Waals surface area contributed by atoms with Crippen molar-refractivity contribution >= 4 is 5.91 Å². The number of nitrogens with zero attached hydrogens (tertiary/aromatic N) is 1. The van der Waals surface area contributed by atoms with Gasteiger partial charge in [0, 0.05) is 19.2 Å². The lowest BCUT2D eigenvalue weighted by Crippen LogP contribution is -2.22. The molecule has 1 aliphatic rings. The summed E-state index contributed by atoms with van der Waals surface area (Å²) in [6, 6.07) is 0. The average molecular weight is 139 g/mol. The quantitative estimate of drug-likeness (QED) is 0.568. The van der Waals surface area contributed by atoms with Crippen LogP contribution in [0.1, 0.15) is 26.2 Å². The second-order valence-corrected chi connectivity index (χ2v) is 2.51. The predicted molar refractivity (Wildman–Crippen MR) is 40.4 cm³/mol. The Kier molecular flexibility index (Phi) is 2.49. The van der Waals surface area contributed by atoms with Crippen LogP contribution in [0.3, 0.4) is 0 Å². The van der Waals surface area contributed by atoms with Crippen LogP contribution in [0.15, 0.2) is 12.3 Å². The Hall–Kier alpha value is -0.790. The van der Waals surface area contributed by atoms with Crippen molar-refractivity contribution in [1.29, 1.82) is 0 Å². The number of carbonyl (C=O) groups is 1. The minimum atomic E-state index is 0.260. The van der Waals surface area contributed by atoms with Gasteiger partial charge < -0.3 is 4.90 Å². The Labute approximate surface area is 61.5 Å². The van der Waals surface area contributed by atoms with E-state index in [1.54, 1.807) is 4.90 Å². The van der Waals surface area contributed by atoms with Gasteiger partial charge in [-0.3, -0.25) is 4.79 Å². The highest BCUT2D eigenvalue weighted by atomic mass is 16.2. The van der Waals surface area contributed by atoms with Gasteiger partial charge in [-0.05, 0) is 12.8 Å². The van der Waals surface area contributed by atoms with Crippen molar-refractivity contribution < 1.29 is 4.79 Å². The van der Waals surface area contributed by atoms with E-state index in [1.165, 1.54) is 0 Å². The molecule has 1 aliphatic heterocycles. The lowest BCUT2D eigenvalue weighted by molar-refractivity contribution is -0.128. The zero-order chi connectivity index (χ0) is 7.40. The molecular weight excluding hydrogens is 126 g/mol. The molecule has 0 saturated heterocycles. The minimum absolute atomic E-state index is 0.260. The maximum Gasteiger partial charge on any atom is 0.226 e. The highest BCUT2D eigenvalue weighted by Gasteiger charge is 2.11. The molecule has 1 amide bonds. The van der Waals surface area contributed by atoms with Gasteiger partial charge in [0.15, 0.2) is 0 Å². The third-order valence-corrected chi connectivity index (χ3v) is 1.61.